The second-order valence-electron chi connectivity index (χ2n) is 8.06. The second kappa shape index (κ2) is 9.31. The second-order valence-corrected chi connectivity index (χ2v) is 8.06. The van der Waals surface area contributed by atoms with Gasteiger partial charge in [0.15, 0.2) is 0 Å². The van der Waals surface area contributed by atoms with Crippen molar-refractivity contribution < 1.29 is 24.2 Å². The Kier molecular flexibility index (Phi) is 6.27. The van der Waals surface area contributed by atoms with Crippen LogP contribution >= 0.6 is 0 Å². The number of aliphatic hydroxyl groups is 1. The van der Waals surface area contributed by atoms with Gasteiger partial charge in [0, 0.05) is 25.5 Å². The highest BCUT2D eigenvalue weighted by atomic mass is 16.5. The highest BCUT2D eigenvalue weighted by Crippen LogP contribution is 2.43. The van der Waals surface area contributed by atoms with Crippen LogP contribution in [0.2, 0.25) is 0 Å². The van der Waals surface area contributed by atoms with Gasteiger partial charge in [-0.15, -0.1) is 0 Å². The van der Waals surface area contributed by atoms with Crippen molar-refractivity contribution in [1.29, 1.82) is 0 Å². The Morgan fingerprint density at radius 2 is 1.59 bits per heavy atom. The molecule has 1 fully saturated rings. The SMILES string of the molecule is COc1ccc(OC)c(/C(O)=C2\C(=O)C(=O)N(c3ccccc3)C2c2ccc(N(C)C)cc2)c1. The number of hydrogen-bond donors (Lipinski definition) is 1. The minimum absolute atomic E-state index is 0.0157. The third kappa shape index (κ3) is 3.96. The molecular formula is C27H26N2O5. The minimum Gasteiger partial charge on any atom is -0.507 e. The summed E-state index contributed by atoms with van der Waals surface area (Å²) in [7, 11) is 6.84. The normalized spacial score (nSPS) is 17.1. The Morgan fingerprint density at radius 3 is 2.18 bits per heavy atom. The highest BCUT2D eigenvalue weighted by Gasteiger charge is 2.47. The van der Waals surface area contributed by atoms with E-state index in [0.29, 0.717) is 22.7 Å². The molecule has 0 radical (unpaired) electrons. The number of ether oxygens (including phenoxy) is 2. The topological polar surface area (TPSA) is 79.3 Å². The van der Waals surface area contributed by atoms with Crippen LogP contribution in [0.5, 0.6) is 11.5 Å². The Hall–Kier alpha value is -4.26. The average molecular weight is 459 g/mol. The first-order valence-corrected chi connectivity index (χ1v) is 10.7. The number of carbonyl (C=O) groups excluding carboxylic acids is 2. The first-order valence-electron chi connectivity index (χ1n) is 10.7. The summed E-state index contributed by atoms with van der Waals surface area (Å²) in [5.74, 6) is -0.976. The van der Waals surface area contributed by atoms with Crippen molar-refractivity contribution in [2.24, 2.45) is 0 Å². The molecular weight excluding hydrogens is 432 g/mol. The van der Waals surface area contributed by atoms with Crippen LogP contribution in [0.1, 0.15) is 17.2 Å². The summed E-state index contributed by atoms with van der Waals surface area (Å²) in [6, 6.07) is 20.6. The Morgan fingerprint density at radius 1 is 0.912 bits per heavy atom. The molecule has 1 heterocycles. The van der Waals surface area contributed by atoms with Crippen LogP contribution in [-0.4, -0.2) is 45.1 Å². The molecule has 7 nitrogen and oxygen atoms in total. The molecule has 1 unspecified atom stereocenters. The lowest BCUT2D eigenvalue weighted by atomic mass is 9.94. The number of carbonyl (C=O) groups is 2. The van der Waals surface area contributed by atoms with Gasteiger partial charge in [-0.25, -0.2) is 0 Å². The van der Waals surface area contributed by atoms with Crippen molar-refractivity contribution in [3.8, 4) is 11.5 Å². The van der Waals surface area contributed by atoms with Crippen LogP contribution in [0, 0.1) is 0 Å². The van der Waals surface area contributed by atoms with Crippen LogP contribution in [-0.2, 0) is 9.59 Å². The molecule has 1 amide bonds. The standard InChI is InChI=1S/C27H26N2O5/c1-28(2)18-12-10-17(11-13-18)24-23(25(30)21-16-20(33-3)14-15-22(21)34-4)26(31)27(32)29(24)19-8-6-5-7-9-19/h5-16,24,30H,1-4H3/b25-23+. The van der Waals surface area contributed by atoms with Crippen LogP contribution in [0.3, 0.4) is 0 Å². The molecule has 3 aromatic rings. The molecule has 7 heteroatoms. The molecule has 0 saturated carbocycles. The van der Waals surface area contributed by atoms with E-state index < -0.39 is 17.7 Å². The number of anilines is 2. The Balaban J connectivity index is 1.96. The first-order chi connectivity index (χ1) is 16.4. The highest BCUT2D eigenvalue weighted by molar-refractivity contribution is 6.51. The van der Waals surface area contributed by atoms with Crippen molar-refractivity contribution in [2.45, 2.75) is 6.04 Å². The molecule has 3 aromatic carbocycles. The molecule has 1 aliphatic rings. The number of amides is 1. The van der Waals surface area contributed by atoms with E-state index in [4.69, 9.17) is 9.47 Å². The zero-order chi connectivity index (χ0) is 24.4. The van der Waals surface area contributed by atoms with Crippen LogP contribution < -0.4 is 19.3 Å². The third-order valence-corrected chi connectivity index (χ3v) is 5.87. The van der Waals surface area contributed by atoms with Crippen LogP contribution in [0.25, 0.3) is 5.76 Å². The van der Waals surface area contributed by atoms with Crippen molar-refractivity contribution in [3.05, 3.63) is 89.5 Å². The predicted octanol–water partition coefficient (Wildman–Crippen LogP) is 4.40. The van der Waals surface area contributed by atoms with Crippen LogP contribution in [0.15, 0.2) is 78.4 Å². The zero-order valence-electron chi connectivity index (χ0n) is 19.5. The lowest BCUT2D eigenvalue weighted by molar-refractivity contribution is -0.132. The number of benzene rings is 3. The fourth-order valence-corrected chi connectivity index (χ4v) is 4.10. The molecule has 174 valence electrons. The number of ketones is 1. The van der Waals surface area contributed by atoms with E-state index in [0.717, 1.165) is 5.69 Å². The minimum atomic E-state index is -0.825. The number of Topliss-reactive ketones (excluding diaryl/α,β-unsaturated/α-hetero) is 1. The Bertz CT molecular complexity index is 1250. The Labute approximate surface area is 198 Å². The molecule has 1 N–H and O–H groups in total. The first kappa shape index (κ1) is 22.9. The third-order valence-electron chi connectivity index (χ3n) is 5.87. The summed E-state index contributed by atoms with van der Waals surface area (Å²) < 4.78 is 10.7. The molecule has 34 heavy (non-hydrogen) atoms. The molecule has 1 atom stereocenters. The van der Waals surface area contributed by atoms with Gasteiger partial charge in [-0.2, -0.15) is 0 Å². The van der Waals surface area contributed by atoms with E-state index in [1.54, 1.807) is 42.5 Å². The van der Waals surface area contributed by atoms with E-state index >= 15 is 0 Å². The van der Waals surface area contributed by atoms with E-state index in [1.165, 1.54) is 19.1 Å². The number of aliphatic hydroxyl groups excluding tert-OH is 1. The number of para-hydroxylation sites is 1. The maximum atomic E-state index is 13.3. The van der Waals surface area contributed by atoms with Gasteiger partial charge < -0.3 is 19.5 Å². The summed E-state index contributed by atoms with van der Waals surface area (Å²) in [4.78, 5) is 30.0. The largest absolute Gasteiger partial charge is 0.507 e. The van der Waals surface area contributed by atoms with E-state index in [9.17, 15) is 14.7 Å². The van der Waals surface area contributed by atoms with E-state index in [2.05, 4.69) is 0 Å². The maximum Gasteiger partial charge on any atom is 0.300 e. The van der Waals surface area contributed by atoms with Crippen molar-refractivity contribution in [3.63, 3.8) is 0 Å². The molecule has 0 aliphatic carbocycles. The fourth-order valence-electron chi connectivity index (χ4n) is 4.10. The summed E-state index contributed by atoms with van der Waals surface area (Å²) in [5, 5.41) is 11.4. The van der Waals surface area contributed by atoms with E-state index in [-0.39, 0.29) is 16.9 Å². The van der Waals surface area contributed by atoms with Gasteiger partial charge in [0.05, 0.1) is 31.4 Å². The van der Waals surface area contributed by atoms with Crippen molar-refractivity contribution >= 4 is 28.8 Å². The molecule has 0 spiro atoms. The lowest BCUT2D eigenvalue weighted by Gasteiger charge is -2.26. The summed E-state index contributed by atoms with van der Waals surface area (Å²) in [6.45, 7) is 0. The molecule has 1 aliphatic heterocycles. The number of methoxy groups -OCH3 is 2. The molecule has 0 bridgehead atoms. The lowest BCUT2D eigenvalue weighted by Crippen LogP contribution is -2.29. The summed E-state index contributed by atoms with van der Waals surface area (Å²) >= 11 is 0. The van der Waals surface area contributed by atoms with Gasteiger partial charge in [-0.1, -0.05) is 30.3 Å². The average Bonchev–Trinajstić information content (AvgIpc) is 3.14. The van der Waals surface area contributed by atoms with Crippen molar-refractivity contribution in [2.75, 3.05) is 38.1 Å². The fraction of sp³-hybridized carbons (Fsp3) is 0.185. The summed E-state index contributed by atoms with van der Waals surface area (Å²) in [6.07, 6.45) is 0. The zero-order valence-corrected chi connectivity index (χ0v) is 19.5. The van der Waals surface area contributed by atoms with Gasteiger partial charge in [-0.05, 0) is 48.0 Å². The maximum absolute atomic E-state index is 13.3. The summed E-state index contributed by atoms with van der Waals surface area (Å²) in [5.41, 5.74) is 2.47. The van der Waals surface area contributed by atoms with Gasteiger partial charge in [0.1, 0.15) is 17.3 Å². The van der Waals surface area contributed by atoms with Gasteiger partial charge in [0.2, 0.25) is 0 Å². The predicted molar refractivity (Wildman–Crippen MR) is 132 cm³/mol. The smallest absolute Gasteiger partial charge is 0.300 e. The van der Waals surface area contributed by atoms with Gasteiger partial charge in [-0.3, -0.25) is 14.5 Å². The quantitative estimate of drug-likeness (QED) is 0.335. The van der Waals surface area contributed by atoms with Gasteiger partial charge in [0.25, 0.3) is 11.7 Å². The molecule has 4 rings (SSSR count). The number of hydrogen-bond acceptors (Lipinski definition) is 6. The molecule has 1 saturated heterocycles. The molecule has 0 aromatic heterocycles. The monoisotopic (exact) mass is 458 g/mol. The van der Waals surface area contributed by atoms with E-state index in [1.807, 2.05) is 49.3 Å². The van der Waals surface area contributed by atoms with Crippen LogP contribution in [0.4, 0.5) is 11.4 Å². The number of rotatable bonds is 6. The number of nitrogens with zero attached hydrogens (tertiary/aromatic N) is 2. The van der Waals surface area contributed by atoms with Gasteiger partial charge >= 0.3 is 0 Å². The van der Waals surface area contributed by atoms with Crippen molar-refractivity contribution in [1.82, 2.24) is 0 Å².